The second-order valence-corrected chi connectivity index (χ2v) is 7.23. The molecule has 1 aromatic rings. The largest absolute Gasteiger partial charge is 1.00 e. The molecular formula is C11H22AuN3O2P+. The van der Waals surface area contributed by atoms with Gasteiger partial charge in [-0.05, 0) is 35.1 Å². The van der Waals surface area contributed by atoms with Crippen molar-refractivity contribution in [3.05, 3.63) is 11.9 Å². The van der Waals surface area contributed by atoms with Gasteiger partial charge >= 0.3 is 28.3 Å². The minimum atomic E-state index is -0.831. The number of nitrogens with zero attached hydrogens (tertiary/aromatic N) is 2. The van der Waals surface area contributed by atoms with Crippen LogP contribution in [-0.2, 0) is 33.6 Å². The molecule has 18 heavy (non-hydrogen) atoms. The van der Waals surface area contributed by atoms with Crippen molar-refractivity contribution in [1.29, 1.82) is 0 Å². The fourth-order valence-electron chi connectivity index (χ4n) is 1.29. The molecule has 0 radical (unpaired) electrons. The summed E-state index contributed by atoms with van der Waals surface area (Å²) in [6.07, 6.45) is 7.37. The van der Waals surface area contributed by atoms with Gasteiger partial charge in [-0.25, -0.2) is 0 Å². The summed E-state index contributed by atoms with van der Waals surface area (Å²) in [6, 6.07) is 0. The molecule has 1 rings (SSSR count). The van der Waals surface area contributed by atoms with Crippen LogP contribution in [-0.4, -0.2) is 45.0 Å². The molecule has 0 bridgehead atoms. The maximum Gasteiger partial charge on any atom is 1.00 e. The predicted octanol–water partition coefficient (Wildman–Crippen LogP) is 1.88. The Hall–Kier alpha value is -0.220. The van der Waals surface area contributed by atoms with Crippen molar-refractivity contribution in [1.82, 2.24) is 15.4 Å². The van der Waals surface area contributed by atoms with Crippen molar-refractivity contribution >= 4 is 13.9 Å². The first-order valence-electron chi connectivity index (χ1n) is 5.96. The molecule has 0 aliphatic rings. The van der Waals surface area contributed by atoms with Crippen molar-refractivity contribution in [2.45, 2.75) is 33.6 Å². The fraction of sp³-hybridized carbons (Fsp3) is 0.727. The quantitative estimate of drug-likeness (QED) is 0.390. The summed E-state index contributed by atoms with van der Waals surface area (Å²) in [5.74, 6) is -0.831. The third kappa shape index (κ3) is 10.9. The molecule has 0 atom stereocenters. The van der Waals surface area contributed by atoms with Crippen molar-refractivity contribution in [2.24, 2.45) is 0 Å². The van der Waals surface area contributed by atoms with Crippen LogP contribution in [0.5, 0.6) is 0 Å². The van der Waals surface area contributed by atoms with Crippen LogP contribution in [0, 0.1) is 6.20 Å². The summed E-state index contributed by atoms with van der Waals surface area (Å²) in [4.78, 5) is 10.0. The monoisotopic (exact) mass is 456 g/mol. The molecule has 0 aliphatic carbocycles. The van der Waals surface area contributed by atoms with E-state index in [-0.39, 0.29) is 36.7 Å². The van der Waals surface area contributed by atoms with Gasteiger partial charge in [0.25, 0.3) is 0 Å². The molecule has 0 amide bonds. The average Bonchev–Trinajstić information content (AvgIpc) is 2.82. The van der Waals surface area contributed by atoms with Crippen LogP contribution in [0.1, 0.15) is 32.9 Å². The second kappa shape index (κ2) is 13.2. The maximum absolute atomic E-state index is 10.0. The van der Waals surface area contributed by atoms with Gasteiger partial charge in [-0.1, -0.05) is 0 Å². The summed E-state index contributed by atoms with van der Waals surface area (Å²) in [5.41, 5.74) is 0.627. The van der Waals surface area contributed by atoms with Crippen LogP contribution < -0.4 is 0 Å². The molecule has 108 valence electrons. The van der Waals surface area contributed by atoms with Gasteiger partial charge in [0.15, 0.2) is 0 Å². The Morgan fingerprint density at radius 3 is 2.17 bits per heavy atom. The zero-order valence-electron chi connectivity index (χ0n) is 11.1. The van der Waals surface area contributed by atoms with Crippen LogP contribution in [0.15, 0.2) is 0 Å². The number of carbonyl (C=O) groups is 1. The molecule has 1 heterocycles. The molecule has 0 saturated heterocycles. The first-order valence-corrected chi connectivity index (χ1v) is 8.09. The van der Waals surface area contributed by atoms with E-state index in [0.29, 0.717) is 12.1 Å². The van der Waals surface area contributed by atoms with Gasteiger partial charge in [0.1, 0.15) is 0 Å². The zero-order valence-corrected chi connectivity index (χ0v) is 14.3. The number of carboxylic acid groups (broad SMARTS) is 1. The summed E-state index contributed by atoms with van der Waals surface area (Å²) in [6.45, 7) is 6.92. The predicted molar refractivity (Wildman–Crippen MR) is 71.1 cm³/mol. The summed E-state index contributed by atoms with van der Waals surface area (Å²) in [7, 11) is 0.137. The third-order valence-electron chi connectivity index (χ3n) is 2.51. The van der Waals surface area contributed by atoms with E-state index >= 15 is 0 Å². The molecule has 5 nitrogen and oxygen atoms in total. The van der Waals surface area contributed by atoms with Gasteiger partial charge in [-0.2, -0.15) is 0 Å². The Labute approximate surface area is 125 Å². The van der Waals surface area contributed by atoms with E-state index in [0.717, 1.165) is 0 Å². The number of carboxylic acids is 1. The van der Waals surface area contributed by atoms with Gasteiger partial charge in [-0.15, -0.1) is 10.9 Å². The second-order valence-electron chi connectivity index (χ2n) is 3.61. The van der Waals surface area contributed by atoms with Crippen LogP contribution in [0.2, 0.25) is 0 Å². The Bertz CT molecular complexity index is 287. The number of hydrogen-bond acceptors (Lipinski definition) is 3. The number of aromatic amines is 1. The molecule has 1 aromatic heterocycles. The molecular weight excluding hydrogens is 434 g/mol. The van der Waals surface area contributed by atoms with Gasteiger partial charge in [-0.3, -0.25) is 4.79 Å². The molecule has 7 heteroatoms. The number of aromatic nitrogens is 3. The van der Waals surface area contributed by atoms with Crippen molar-refractivity contribution in [2.75, 3.05) is 18.5 Å². The van der Waals surface area contributed by atoms with E-state index in [1.807, 2.05) is 0 Å². The first kappa shape index (κ1) is 20.1. The fourth-order valence-corrected chi connectivity index (χ4v) is 2.79. The summed E-state index contributed by atoms with van der Waals surface area (Å²) >= 11 is 0. The summed E-state index contributed by atoms with van der Waals surface area (Å²) in [5, 5.41) is 17.5. The van der Waals surface area contributed by atoms with Crippen LogP contribution in [0.4, 0.5) is 0 Å². The number of hydrogen-bond donors (Lipinski definition) is 2. The van der Waals surface area contributed by atoms with E-state index in [1.54, 1.807) is 0 Å². The molecule has 2 N–H and O–H groups in total. The number of aryl methyl sites for hydroxylation is 1. The normalized spacial score (nSPS) is 9.33. The number of nitrogens with one attached hydrogen (secondary N) is 1. The minimum Gasteiger partial charge on any atom is -0.481 e. The average molecular weight is 456 g/mol. The molecule has 0 aliphatic heterocycles. The van der Waals surface area contributed by atoms with Crippen molar-refractivity contribution < 1.29 is 32.3 Å². The third-order valence-corrected chi connectivity index (χ3v) is 5.51. The van der Waals surface area contributed by atoms with E-state index in [2.05, 4.69) is 42.4 Å². The first-order chi connectivity index (χ1) is 8.13. The number of aliphatic carboxylic acids is 1. The standard InChI is InChI=1S/C6H15P.C5H6N3O2.Au/c1-4-7(5-2)6-3;9-5(10)2-1-4-3-6-8-7-4;/h4-6H2,1-3H3;1-2H2,(H,9,10)(H,6,7,8);/q;-1;+1/p+1. The van der Waals surface area contributed by atoms with E-state index in [1.165, 1.54) is 18.5 Å². The number of H-pyrrole nitrogens is 1. The van der Waals surface area contributed by atoms with Crippen molar-refractivity contribution in [3.63, 3.8) is 0 Å². The van der Waals surface area contributed by atoms with Crippen LogP contribution >= 0.6 is 7.92 Å². The van der Waals surface area contributed by atoms with Crippen LogP contribution in [0.25, 0.3) is 0 Å². The Kier molecular flexibility index (Phi) is 14.8. The molecule has 0 unspecified atom stereocenters. The van der Waals surface area contributed by atoms with E-state index in [9.17, 15) is 4.79 Å². The van der Waals surface area contributed by atoms with E-state index < -0.39 is 5.97 Å². The SMILES string of the molecule is CC[PH+](CC)CC.O=C(O)CCc1[c-]nn[nH]1.[Au+]. The Balaban J connectivity index is 0. The van der Waals surface area contributed by atoms with Gasteiger partial charge in [0, 0.05) is 6.42 Å². The molecule has 0 spiro atoms. The Morgan fingerprint density at radius 1 is 1.33 bits per heavy atom. The zero-order chi connectivity index (χ0) is 13.1. The van der Waals surface area contributed by atoms with Gasteiger partial charge < -0.3 is 21.5 Å². The molecule has 0 aromatic carbocycles. The Morgan fingerprint density at radius 2 is 1.89 bits per heavy atom. The van der Waals surface area contributed by atoms with Crippen LogP contribution in [0.3, 0.4) is 0 Å². The molecule has 0 fully saturated rings. The summed E-state index contributed by atoms with van der Waals surface area (Å²) < 4.78 is 0. The molecule has 0 saturated carbocycles. The number of rotatable bonds is 6. The topological polar surface area (TPSA) is 78.9 Å². The minimum absolute atomic E-state index is 0. The van der Waals surface area contributed by atoms with E-state index in [4.69, 9.17) is 5.11 Å². The van der Waals surface area contributed by atoms with Gasteiger partial charge in [0.2, 0.25) is 0 Å². The van der Waals surface area contributed by atoms with Crippen molar-refractivity contribution in [3.8, 4) is 0 Å². The van der Waals surface area contributed by atoms with Gasteiger partial charge in [0.05, 0.1) is 18.5 Å². The smallest absolute Gasteiger partial charge is 0.481 e. The maximum atomic E-state index is 10.0.